The fourth-order valence-corrected chi connectivity index (χ4v) is 8.10. The van der Waals surface area contributed by atoms with Crippen molar-refractivity contribution in [2.45, 2.75) is 117 Å². The van der Waals surface area contributed by atoms with Crippen molar-refractivity contribution < 1.29 is 29.4 Å². The lowest BCUT2D eigenvalue weighted by Gasteiger charge is -2.57. The number of oxime groups is 1. The number of carboxylic acids is 1. The molecule has 4 aliphatic carbocycles. The van der Waals surface area contributed by atoms with E-state index in [9.17, 15) is 24.6 Å². The van der Waals surface area contributed by atoms with Crippen molar-refractivity contribution in [1.82, 2.24) is 10.6 Å². The van der Waals surface area contributed by atoms with E-state index in [1.165, 1.54) is 18.9 Å². The fourth-order valence-electron chi connectivity index (χ4n) is 8.10. The largest absolute Gasteiger partial charge is 0.480 e. The van der Waals surface area contributed by atoms with Crippen molar-refractivity contribution in [3.05, 3.63) is 11.6 Å². The van der Waals surface area contributed by atoms with E-state index >= 15 is 0 Å². The van der Waals surface area contributed by atoms with Crippen LogP contribution in [0.2, 0.25) is 0 Å². The molecule has 8 atom stereocenters. The summed E-state index contributed by atoms with van der Waals surface area (Å²) in [6.07, 6.45) is 12.3. The summed E-state index contributed by atoms with van der Waals surface area (Å²) in [5, 5.41) is 29.3. The summed E-state index contributed by atoms with van der Waals surface area (Å²) in [4.78, 5) is 41.4. The zero-order chi connectivity index (χ0) is 28.4. The molecule has 39 heavy (non-hydrogen) atoms. The summed E-state index contributed by atoms with van der Waals surface area (Å²) >= 11 is 0. The molecule has 0 unspecified atom stereocenters. The second-order valence-corrected chi connectivity index (χ2v) is 12.8. The molecule has 3 saturated carbocycles. The molecule has 9 nitrogen and oxygen atoms in total. The van der Waals surface area contributed by atoms with Gasteiger partial charge in [-0.2, -0.15) is 0 Å². The van der Waals surface area contributed by atoms with Gasteiger partial charge in [-0.15, -0.1) is 0 Å². The zero-order valence-electron chi connectivity index (χ0n) is 24.0. The lowest BCUT2D eigenvalue weighted by Crippen LogP contribution is -2.51. The van der Waals surface area contributed by atoms with Crippen LogP contribution in [0.4, 0.5) is 0 Å². The number of carbonyl (C=O) groups is 3. The third-order valence-corrected chi connectivity index (χ3v) is 10.5. The maximum absolute atomic E-state index is 12.4. The second kappa shape index (κ2) is 12.0. The van der Waals surface area contributed by atoms with Crippen LogP contribution < -0.4 is 10.6 Å². The SMILES string of the molecule is CCCC[C@H](NC(=O)[C@H](C)NC(=O)CO/N=C1/C=C2CC[C@H]3[C@@H]4CC[C@@H](O)[C@@]4(C)CC[C@@H]3[C@@]2(C)CC1)C(=O)O. The van der Waals surface area contributed by atoms with Crippen LogP contribution in [0.3, 0.4) is 0 Å². The van der Waals surface area contributed by atoms with Gasteiger partial charge in [-0.1, -0.05) is 44.3 Å². The average molecular weight is 546 g/mol. The molecule has 0 aromatic heterocycles. The van der Waals surface area contributed by atoms with E-state index in [1.807, 2.05) is 6.92 Å². The number of rotatable bonds is 10. The molecule has 3 fully saturated rings. The summed E-state index contributed by atoms with van der Waals surface area (Å²) in [6.45, 7) is 7.88. The quantitative estimate of drug-likeness (QED) is 0.307. The Morgan fingerprint density at radius 2 is 1.87 bits per heavy atom. The Balaban J connectivity index is 1.28. The van der Waals surface area contributed by atoms with E-state index in [0.29, 0.717) is 30.6 Å². The van der Waals surface area contributed by atoms with Gasteiger partial charge in [0.25, 0.3) is 5.91 Å². The van der Waals surface area contributed by atoms with Crippen molar-refractivity contribution >= 4 is 23.5 Å². The van der Waals surface area contributed by atoms with Crippen molar-refractivity contribution in [3.8, 4) is 0 Å². The number of unbranched alkanes of at least 4 members (excludes halogenated alkanes) is 1. The lowest BCUT2D eigenvalue weighted by atomic mass is 9.47. The van der Waals surface area contributed by atoms with E-state index in [2.05, 4.69) is 35.7 Å². The van der Waals surface area contributed by atoms with Crippen LogP contribution >= 0.6 is 0 Å². The molecule has 0 radical (unpaired) electrons. The van der Waals surface area contributed by atoms with Gasteiger partial charge in [-0.25, -0.2) is 4.79 Å². The first-order valence-corrected chi connectivity index (χ1v) is 14.9. The summed E-state index contributed by atoms with van der Waals surface area (Å²) in [6, 6.07) is -1.86. The van der Waals surface area contributed by atoms with E-state index < -0.39 is 29.9 Å². The molecule has 0 aromatic rings. The number of fused-ring (bicyclic) bond motifs is 5. The Kier molecular flexibility index (Phi) is 9.08. The topological polar surface area (TPSA) is 137 Å². The highest BCUT2D eigenvalue weighted by atomic mass is 16.6. The third-order valence-electron chi connectivity index (χ3n) is 10.5. The lowest BCUT2D eigenvalue weighted by molar-refractivity contribution is -0.142. The molecule has 4 rings (SSSR count). The highest BCUT2D eigenvalue weighted by Gasteiger charge is 2.58. The van der Waals surface area contributed by atoms with Crippen molar-refractivity contribution in [3.63, 3.8) is 0 Å². The predicted molar refractivity (Wildman–Crippen MR) is 148 cm³/mol. The van der Waals surface area contributed by atoms with Crippen molar-refractivity contribution in [1.29, 1.82) is 0 Å². The molecule has 0 aromatic carbocycles. The molecule has 0 saturated heterocycles. The first-order chi connectivity index (χ1) is 18.5. The number of hydrogen-bond donors (Lipinski definition) is 4. The van der Waals surface area contributed by atoms with Crippen LogP contribution in [0.25, 0.3) is 0 Å². The van der Waals surface area contributed by atoms with Crippen LogP contribution in [0.15, 0.2) is 16.8 Å². The van der Waals surface area contributed by atoms with Gasteiger partial charge < -0.3 is 25.7 Å². The van der Waals surface area contributed by atoms with Crippen LogP contribution in [-0.2, 0) is 19.2 Å². The minimum absolute atomic E-state index is 0.0830. The van der Waals surface area contributed by atoms with Crippen LogP contribution in [0.5, 0.6) is 0 Å². The number of aliphatic hydroxyl groups is 1. The Labute approximate surface area is 232 Å². The average Bonchev–Trinajstić information content (AvgIpc) is 3.20. The second-order valence-electron chi connectivity index (χ2n) is 12.8. The number of nitrogens with one attached hydrogen (secondary N) is 2. The van der Waals surface area contributed by atoms with Crippen molar-refractivity contribution in [2.75, 3.05) is 6.61 Å². The van der Waals surface area contributed by atoms with E-state index in [1.54, 1.807) is 0 Å². The summed E-state index contributed by atoms with van der Waals surface area (Å²) in [5.74, 6) is -0.166. The van der Waals surface area contributed by atoms with E-state index in [4.69, 9.17) is 4.84 Å². The molecule has 0 aliphatic heterocycles. The minimum Gasteiger partial charge on any atom is -0.480 e. The van der Waals surface area contributed by atoms with E-state index in [-0.39, 0.29) is 23.5 Å². The fraction of sp³-hybridized carbons (Fsp3) is 0.800. The van der Waals surface area contributed by atoms with Gasteiger partial charge in [0.05, 0.1) is 11.8 Å². The number of amides is 2. The smallest absolute Gasteiger partial charge is 0.326 e. The predicted octanol–water partition coefficient (Wildman–Crippen LogP) is 3.95. The Morgan fingerprint density at radius 3 is 2.59 bits per heavy atom. The van der Waals surface area contributed by atoms with Gasteiger partial charge in [0.1, 0.15) is 12.1 Å². The molecule has 2 amide bonds. The van der Waals surface area contributed by atoms with Gasteiger partial charge in [-0.3, -0.25) is 9.59 Å². The van der Waals surface area contributed by atoms with Gasteiger partial charge in [-0.05, 0) is 99.4 Å². The maximum atomic E-state index is 12.4. The molecular formula is C30H47N3O6. The number of allylic oxidation sites excluding steroid dienone is 2. The van der Waals surface area contributed by atoms with Crippen LogP contribution in [-0.4, -0.2) is 58.5 Å². The number of hydrogen-bond acceptors (Lipinski definition) is 6. The highest BCUT2D eigenvalue weighted by molar-refractivity contribution is 5.96. The molecule has 218 valence electrons. The first-order valence-electron chi connectivity index (χ1n) is 14.9. The molecule has 9 heteroatoms. The molecule has 4 aliphatic rings. The normalized spacial score (nSPS) is 36.0. The number of carbonyl (C=O) groups excluding carboxylic acids is 2. The van der Waals surface area contributed by atoms with Crippen LogP contribution in [0, 0.1) is 28.6 Å². The summed E-state index contributed by atoms with van der Waals surface area (Å²) < 4.78 is 0. The number of nitrogens with zero attached hydrogens (tertiary/aromatic N) is 1. The third kappa shape index (κ3) is 6.03. The monoisotopic (exact) mass is 545 g/mol. The Hall–Kier alpha value is -2.42. The summed E-state index contributed by atoms with van der Waals surface area (Å²) in [7, 11) is 0. The molecule has 0 bridgehead atoms. The molecule has 4 N–H and O–H groups in total. The summed E-state index contributed by atoms with van der Waals surface area (Å²) in [5.41, 5.74) is 2.52. The molecule has 0 heterocycles. The van der Waals surface area contributed by atoms with E-state index in [0.717, 1.165) is 57.1 Å². The van der Waals surface area contributed by atoms with Gasteiger partial charge in [0.15, 0.2) is 6.61 Å². The molecule has 0 spiro atoms. The number of carboxylic acid groups (broad SMARTS) is 1. The van der Waals surface area contributed by atoms with Gasteiger partial charge >= 0.3 is 5.97 Å². The zero-order valence-corrected chi connectivity index (χ0v) is 24.0. The maximum Gasteiger partial charge on any atom is 0.326 e. The Bertz CT molecular complexity index is 1010. The first kappa shape index (κ1) is 29.6. The van der Waals surface area contributed by atoms with Gasteiger partial charge in [0.2, 0.25) is 5.91 Å². The van der Waals surface area contributed by atoms with Crippen LogP contribution in [0.1, 0.15) is 98.3 Å². The highest BCUT2D eigenvalue weighted by Crippen LogP contribution is 2.65. The minimum atomic E-state index is -1.08. The van der Waals surface area contributed by atoms with Gasteiger partial charge in [0, 0.05) is 0 Å². The molecular weight excluding hydrogens is 498 g/mol. The van der Waals surface area contributed by atoms with Crippen molar-refractivity contribution in [2.24, 2.45) is 33.7 Å². The standard InChI is InChI=1S/C30H47N3O6/c1-5-6-7-24(28(37)38)32-27(36)18(2)31-26(35)17-39-33-20-12-14-29(3)19(16-20)8-9-21-22-10-11-25(34)30(22,4)15-13-23(21)29/h16,18,21-25,34H,5-15,17H2,1-4H3,(H,31,35)(H,32,36)(H,37,38)/b33-20+/t18-,21-,22-,23-,24-,25+,29-,30-/m0/s1. The number of aliphatic carboxylic acids is 1. The number of aliphatic hydroxyl groups excluding tert-OH is 1. The Morgan fingerprint density at radius 1 is 1.10 bits per heavy atom.